The highest BCUT2D eigenvalue weighted by Crippen LogP contribution is 2.39. The molecule has 7 nitrogen and oxygen atoms in total. The standard InChI is InChI=1S/C24H24ClNO6S/c1-4-30-19-11-17(10-18(25)22(19)31-14-16-8-6-5-7-9-16)12-20-23(28)26(24(29)33-20)13-21(27)32-15(2)3/h5-12,15H,4,13-14H2,1-3H3/b20-12-. The Bertz CT molecular complexity index is 1070. The van der Waals surface area contributed by atoms with Crippen LogP contribution in [0.25, 0.3) is 6.08 Å². The summed E-state index contributed by atoms with van der Waals surface area (Å²) in [5.41, 5.74) is 1.54. The highest BCUT2D eigenvalue weighted by atomic mass is 35.5. The zero-order valence-corrected chi connectivity index (χ0v) is 20.1. The van der Waals surface area contributed by atoms with Crippen LogP contribution in [0.1, 0.15) is 31.9 Å². The fourth-order valence-electron chi connectivity index (χ4n) is 3.02. The number of ether oxygens (including phenoxy) is 3. The Morgan fingerprint density at radius 2 is 1.88 bits per heavy atom. The molecule has 0 radical (unpaired) electrons. The summed E-state index contributed by atoms with van der Waals surface area (Å²) in [6.45, 7) is 5.49. The summed E-state index contributed by atoms with van der Waals surface area (Å²) in [7, 11) is 0. The predicted molar refractivity (Wildman–Crippen MR) is 127 cm³/mol. The van der Waals surface area contributed by atoms with E-state index in [1.165, 1.54) is 6.08 Å². The van der Waals surface area contributed by atoms with E-state index < -0.39 is 23.7 Å². The molecular formula is C24H24ClNO6S. The number of benzene rings is 2. The van der Waals surface area contributed by atoms with Crippen LogP contribution in [0.15, 0.2) is 47.4 Å². The molecule has 0 unspecified atom stereocenters. The van der Waals surface area contributed by atoms with E-state index in [-0.39, 0.29) is 11.0 Å². The number of amides is 2. The smallest absolute Gasteiger partial charge is 0.326 e. The lowest BCUT2D eigenvalue weighted by molar-refractivity contribution is -0.149. The van der Waals surface area contributed by atoms with Gasteiger partial charge in [0.2, 0.25) is 0 Å². The van der Waals surface area contributed by atoms with Crippen molar-refractivity contribution in [3.05, 3.63) is 63.5 Å². The summed E-state index contributed by atoms with van der Waals surface area (Å²) in [5.74, 6) is -0.393. The molecule has 2 aromatic rings. The van der Waals surface area contributed by atoms with Crippen molar-refractivity contribution in [1.82, 2.24) is 4.90 Å². The molecule has 1 saturated heterocycles. The molecule has 2 amide bonds. The van der Waals surface area contributed by atoms with Gasteiger partial charge in [-0.15, -0.1) is 0 Å². The molecule has 2 aromatic carbocycles. The maximum atomic E-state index is 12.7. The van der Waals surface area contributed by atoms with Crippen molar-refractivity contribution in [3.8, 4) is 11.5 Å². The fourth-order valence-corrected chi connectivity index (χ4v) is 4.13. The fraction of sp³-hybridized carbons (Fsp3) is 0.292. The first-order valence-corrected chi connectivity index (χ1v) is 11.6. The monoisotopic (exact) mass is 489 g/mol. The van der Waals surface area contributed by atoms with Crippen LogP contribution in [0, 0.1) is 0 Å². The molecule has 3 rings (SSSR count). The quantitative estimate of drug-likeness (QED) is 0.349. The molecule has 0 saturated carbocycles. The van der Waals surface area contributed by atoms with E-state index in [1.807, 2.05) is 37.3 Å². The molecule has 0 aliphatic carbocycles. The molecule has 174 valence electrons. The second-order valence-corrected chi connectivity index (χ2v) is 8.74. The van der Waals surface area contributed by atoms with Crippen molar-refractivity contribution in [1.29, 1.82) is 0 Å². The van der Waals surface area contributed by atoms with Gasteiger partial charge in [-0.2, -0.15) is 0 Å². The number of halogens is 1. The van der Waals surface area contributed by atoms with Crippen molar-refractivity contribution in [2.75, 3.05) is 13.2 Å². The molecule has 1 aliphatic rings. The number of imide groups is 1. The van der Waals surface area contributed by atoms with Gasteiger partial charge in [0.25, 0.3) is 11.1 Å². The average Bonchev–Trinajstić information content (AvgIpc) is 3.01. The van der Waals surface area contributed by atoms with Crippen LogP contribution in [-0.2, 0) is 20.9 Å². The second kappa shape index (κ2) is 11.2. The van der Waals surface area contributed by atoms with Gasteiger partial charge in [0.1, 0.15) is 13.2 Å². The number of hydrogen-bond acceptors (Lipinski definition) is 7. The molecule has 0 N–H and O–H groups in total. The van der Waals surface area contributed by atoms with Crippen molar-refractivity contribution < 1.29 is 28.6 Å². The third kappa shape index (κ3) is 6.52. The summed E-state index contributed by atoms with van der Waals surface area (Å²) in [4.78, 5) is 37.9. The van der Waals surface area contributed by atoms with E-state index in [4.69, 9.17) is 25.8 Å². The molecule has 1 fully saturated rings. The molecule has 0 aromatic heterocycles. The van der Waals surface area contributed by atoms with Gasteiger partial charge in [0, 0.05) is 0 Å². The van der Waals surface area contributed by atoms with Gasteiger partial charge in [-0.25, -0.2) is 0 Å². The lowest BCUT2D eigenvalue weighted by Gasteiger charge is -2.15. The van der Waals surface area contributed by atoms with Crippen LogP contribution in [-0.4, -0.2) is 41.3 Å². The lowest BCUT2D eigenvalue weighted by Crippen LogP contribution is -2.35. The minimum absolute atomic E-state index is 0.175. The molecule has 0 spiro atoms. The molecule has 33 heavy (non-hydrogen) atoms. The molecule has 0 bridgehead atoms. The van der Waals surface area contributed by atoms with E-state index in [0.717, 1.165) is 22.2 Å². The predicted octanol–water partition coefficient (Wildman–Crippen LogP) is 5.31. The lowest BCUT2D eigenvalue weighted by atomic mass is 10.1. The van der Waals surface area contributed by atoms with Crippen LogP contribution in [0.2, 0.25) is 5.02 Å². The first-order valence-electron chi connectivity index (χ1n) is 10.4. The van der Waals surface area contributed by atoms with E-state index in [9.17, 15) is 14.4 Å². The Labute approximate surface area is 201 Å². The molecule has 1 aliphatic heterocycles. The van der Waals surface area contributed by atoms with Crippen LogP contribution >= 0.6 is 23.4 Å². The van der Waals surface area contributed by atoms with E-state index >= 15 is 0 Å². The number of thioether (sulfide) groups is 1. The summed E-state index contributed by atoms with van der Waals surface area (Å²) < 4.78 is 16.6. The largest absolute Gasteiger partial charge is 0.490 e. The zero-order valence-electron chi connectivity index (χ0n) is 18.5. The van der Waals surface area contributed by atoms with Crippen molar-refractivity contribution in [2.24, 2.45) is 0 Å². The normalized spacial score (nSPS) is 14.8. The minimum atomic E-state index is -0.643. The van der Waals surface area contributed by atoms with Gasteiger partial charge in [0.15, 0.2) is 11.5 Å². The average molecular weight is 490 g/mol. The first-order chi connectivity index (χ1) is 15.8. The van der Waals surface area contributed by atoms with Gasteiger partial charge in [0.05, 0.1) is 22.6 Å². The third-order valence-electron chi connectivity index (χ3n) is 4.38. The van der Waals surface area contributed by atoms with Crippen LogP contribution < -0.4 is 9.47 Å². The Balaban J connectivity index is 1.80. The first kappa shape index (κ1) is 24.7. The highest BCUT2D eigenvalue weighted by Gasteiger charge is 2.36. The Kier molecular flexibility index (Phi) is 8.41. The minimum Gasteiger partial charge on any atom is -0.490 e. The molecule has 1 heterocycles. The van der Waals surface area contributed by atoms with Crippen LogP contribution in [0.3, 0.4) is 0 Å². The Morgan fingerprint density at radius 1 is 1.15 bits per heavy atom. The molecule has 9 heteroatoms. The number of nitrogens with zero attached hydrogens (tertiary/aromatic N) is 1. The maximum absolute atomic E-state index is 12.7. The van der Waals surface area contributed by atoms with Gasteiger partial charge in [-0.3, -0.25) is 19.3 Å². The zero-order chi connectivity index (χ0) is 24.0. The number of esters is 1. The van der Waals surface area contributed by atoms with Crippen LogP contribution in [0.4, 0.5) is 4.79 Å². The highest BCUT2D eigenvalue weighted by molar-refractivity contribution is 8.18. The summed E-state index contributed by atoms with van der Waals surface area (Å²) >= 11 is 7.22. The van der Waals surface area contributed by atoms with E-state index in [0.29, 0.717) is 35.3 Å². The van der Waals surface area contributed by atoms with Crippen molar-refractivity contribution >= 4 is 46.6 Å². The topological polar surface area (TPSA) is 82.1 Å². The number of rotatable bonds is 9. The molecular weight excluding hydrogens is 466 g/mol. The van der Waals surface area contributed by atoms with Gasteiger partial charge in [-0.1, -0.05) is 41.9 Å². The summed E-state index contributed by atoms with van der Waals surface area (Å²) in [5, 5.41) is -0.228. The Morgan fingerprint density at radius 3 is 2.55 bits per heavy atom. The van der Waals surface area contributed by atoms with Gasteiger partial charge >= 0.3 is 5.97 Å². The summed E-state index contributed by atoms with van der Waals surface area (Å²) in [6, 6.07) is 13.0. The second-order valence-electron chi connectivity index (χ2n) is 7.34. The Hall–Kier alpha value is -2.97. The summed E-state index contributed by atoms with van der Waals surface area (Å²) in [6.07, 6.45) is 1.20. The maximum Gasteiger partial charge on any atom is 0.326 e. The van der Waals surface area contributed by atoms with E-state index in [1.54, 1.807) is 26.0 Å². The SMILES string of the molecule is CCOc1cc(/C=C2\SC(=O)N(CC(=O)OC(C)C)C2=O)cc(Cl)c1OCc1ccccc1. The number of carbonyl (C=O) groups excluding carboxylic acids is 3. The number of carbonyl (C=O) groups is 3. The molecule has 0 atom stereocenters. The van der Waals surface area contributed by atoms with Crippen LogP contribution in [0.5, 0.6) is 11.5 Å². The van der Waals surface area contributed by atoms with E-state index in [2.05, 4.69) is 0 Å². The van der Waals surface area contributed by atoms with Crippen molar-refractivity contribution in [2.45, 2.75) is 33.5 Å². The van der Waals surface area contributed by atoms with Crippen molar-refractivity contribution in [3.63, 3.8) is 0 Å². The van der Waals surface area contributed by atoms with Gasteiger partial charge < -0.3 is 14.2 Å². The van der Waals surface area contributed by atoms with Gasteiger partial charge in [-0.05, 0) is 61.9 Å². The third-order valence-corrected chi connectivity index (χ3v) is 5.57. The number of hydrogen-bond donors (Lipinski definition) is 0.